The summed E-state index contributed by atoms with van der Waals surface area (Å²) in [4.78, 5) is 75.9. The fourth-order valence-corrected chi connectivity index (χ4v) is 4.65. The second-order valence-electron chi connectivity index (χ2n) is 8.54. The highest BCUT2D eigenvalue weighted by Crippen LogP contribution is 2.28. The minimum absolute atomic E-state index is 0.0680. The van der Waals surface area contributed by atoms with Crippen molar-refractivity contribution in [3.63, 3.8) is 0 Å². The highest BCUT2D eigenvalue weighted by atomic mass is 16.5. The maximum absolute atomic E-state index is 12.9. The Morgan fingerprint density at radius 2 is 1.88 bits per heavy atom. The van der Waals surface area contributed by atoms with Gasteiger partial charge >= 0.3 is 12.0 Å². The first-order valence-corrected chi connectivity index (χ1v) is 11.3. The van der Waals surface area contributed by atoms with Crippen molar-refractivity contribution in [3.8, 4) is 0 Å². The van der Waals surface area contributed by atoms with Crippen LogP contribution in [0.1, 0.15) is 58.4 Å². The van der Waals surface area contributed by atoms with Crippen molar-refractivity contribution < 1.29 is 33.5 Å². The molecule has 3 aliphatic heterocycles. The van der Waals surface area contributed by atoms with Gasteiger partial charge in [0.25, 0.3) is 11.8 Å². The van der Waals surface area contributed by atoms with Crippen LogP contribution in [0.5, 0.6) is 0 Å². The zero-order chi connectivity index (χ0) is 24.4. The predicted molar refractivity (Wildman–Crippen MR) is 117 cm³/mol. The number of carbonyl (C=O) groups is 6. The molecule has 6 amide bonds. The molecule has 34 heavy (non-hydrogen) atoms. The van der Waals surface area contributed by atoms with E-state index in [-0.39, 0.29) is 30.0 Å². The number of nitrogens with zero attached hydrogens (tertiary/aromatic N) is 2. The van der Waals surface area contributed by atoms with Gasteiger partial charge < -0.3 is 15.0 Å². The molecule has 3 aliphatic rings. The molecular formula is C23H26N4O7. The van der Waals surface area contributed by atoms with Crippen LogP contribution >= 0.6 is 0 Å². The molecule has 2 saturated heterocycles. The van der Waals surface area contributed by atoms with E-state index >= 15 is 0 Å². The number of hydrogen-bond donors (Lipinski definition) is 2. The number of esters is 1. The van der Waals surface area contributed by atoms with Gasteiger partial charge in [0.05, 0.1) is 18.2 Å². The Balaban J connectivity index is 1.33. The molecule has 1 aromatic rings. The Morgan fingerprint density at radius 1 is 1.12 bits per heavy atom. The smallest absolute Gasteiger partial charge is 0.328 e. The van der Waals surface area contributed by atoms with Gasteiger partial charge in [0, 0.05) is 19.5 Å². The van der Waals surface area contributed by atoms with Crippen LogP contribution in [0.15, 0.2) is 18.2 Å². The third-order valence-corrected chi connectivity index (χ3v) is 6.41. The molecule has 1 unspecified atom stereocenters. The molecule has 11 nitrogen and oxygen atoms in total. The van der Waals surface area contributed by atoms with Crippen LogP contribution in [0.2, 0.25) is 0 Å². The van der Waals surface area contributed by atoms with Gasteiger partial charge in [-0.05, 0) is 49.8 Å². The minimum Gasteiger partial charge on any atom is -0.467 e. The van der Waals surface area contributed by atoms with Crippen LogP contribution in [0.25, 0.3) is 0 Å². The van der Waals surface area contributed by atoms with E-state index in [4.69, 9.17) is 4.74 Å². The highest BCUT2D eigenvalue weighted by molar-refractivity contribution is 6.23. The van der Waals surface area contributed by atoms with Gasteiger partial charge in [0.15, 0.2) is 0 Å². The van der Waals surface area contributed by atoms with Crippen molar-refractivity contribution in [2.45, 2.75) is 50.6 Å². The summed E-state index contributed by atoms with van der Waals surface area (Å²) in [6.07, 6.45) is 2.63. The fourth-order valence-electron chi connectivity index (χ4n) is 4.65. The van der Waals surface area contributed by atoms with Gasteiger partial charge in [-0.25, -0.2) is 9.59 Å². The number of piperidine rings is 1. The molecule has 0 bridgehead atoms. The number of nitrogens with one attached hydrogen (secondary N) is 2. The number of ether oxygens (including phenoxy) is 1. The van der Waals surface area contributed by atoms with E-state index in [1.54, 1.807) is 18.2 Å². The summed E-state index contributed by atoms with van der Waals surface area (Å²) >= 11 is 0. The number of aryl methyl sites for hydroxylation is 1. The molecule has 2 fully saturated rings. The summed E-state index contributed by atoms with van der Waals surface area (Å²) in [6.45, 7) is 0.867. The average Bonchev–Trinajstić information content (AvgIpc) is 3.40. The maximum Gasteiger partial charge on any atom is 0.328 e. The Bertz CT molecular complexity index is 1070. The number of urea groups is 1. The van der Waals surface area contributed by atoms with Crippen LogP contribution < -0.4 is 10.6 Å². The number of fused-ring (bicyclic) bond motifs is 1. The molecule has 3 heterocycles. The molecular weight excluding hydrogens is 444 g/mol. The Morgan fingerprint density at radius 3 is 2.62 bits per heavy atom. The highest BCUT2D eigenvalue weighted by Gasteiger charge is 2.44. The summed E-state index contributed by atoms with van der Waals surface area (Å²) < 4.78 is 4.75. The van der Waals surface area contributed by atoms with E-state index in [0.717, 1.165) is 16.9 Å². The van der Waals surface area contributed by atoms with Crippen LogP contribution in [-0.4, -0.2) is 77.7 Å². The lowest BCUT2D eigenvalue weighted by Gasteiger charge is -2.27. The van der Waals surface area contributed by atoms with Gasteiger partial charge in [-0.3, -0.25) is 29.4 Å². The summed E-state index contributed by atoms with van der Waals surface area (Å²) in [5, 5.41) is 4.98. The molecule has 180 valence electrons. The van der Waals surface area contributed by atoms with Crippen LogP contribution in [0, 0.1) is 0 Å². The first-order valence-electron chi connectivity index (χ1n) is 11.3. The Hall–Kier alpha value is -3.76. The van der Waals surface area contributed by atoms with Crippen molar-refractivity contribution in [1.29, 1.82) is 0 Å². The van der Waals surface area contributed by atoms with Crippen molar-refractivity contribution in [2.75, 3.05) is 20.2 Å². The molecule has 0 aromatic heterocycles. The zero-order valence-electron chi connectivity index (χ0n) is 18.8. The molecule has 0 aliphatic carbocycles. The Labute approximate surface area is 195 Å². The average molecular weight is 470 g/mol. The number of likely N-dealkylation sites (tertiary alicyclic amines) is 1. The molecule has 0 saturated carbocycles. The minimum atomic E-state index is -0.997. The van der Waals surface area contributed by atoms with Gasteiger partial charge in [-0.2, -0.15) is 0 Å². The number of carbonyl (C=O) groups excluding carboxylic acids is 6. The summed E-state index contributed by atoms with van der Waals surface area (Å²) in [5.41, 5.74) is 1.27. The Kier molecular flexibility index (Phi) is 6.62. The van der Waals surface area contributed by atoms with Crippen molar-refractivity contribution >= 4 is 35.6 Å². The van der Waals surface area contributed by atoms with E-state index in [2.05, 4.69) is 10.6 Å². The predicted octanol–water partition coefficient (Wildman–Crippen LogP) is 0.367. The van der Waals surface area contributed by atoms with E-state index in [1.807, 2.05) is 0 Å². The molecule has 11 heteroatoms. The zero-order valence-corrected chi connectivity index (χ0v) is 18.8. The molecule has 4 rings (SSSR count). The normalized spacial score (nSPS) is 22.0. The van der Waals surface area contributed by atoms with Crippen LogP contribution in [0.3, 0.4) is 0 Å². The summed E-state index contributed by atoms with van der Waals surface area (Å²) in [5.74, 6) is -2.57. The lowest BCUT2D eigenvalue weighted by Crippen LogP contribution is -2.54. The van der Waals surface area contributed by atoms with E-state index in [1.165, 1.54) is 12.0 Å². The topological polar surface area (TPSA) is 142 Å². The van der Waals surface area contributed by atoms with Crippen LogP contribution in [0.4, 0.5) is 4.79 Å². The standard InChI is InChI=1S/C23H26N4O7/c1-34-22(32)17-5-3-11-26(17)23(33)24-10-2-4-13-6-7-14-15(12-13)21(31)27(20(14)30)16-8-9-18(28)25-19(16)29/h6-7,12,16-17H,2-5,8-11H2,1H3,(H,24,33)(H,25,28,29)/t16?,17-/m0/s1. The van der Waals surface area contributed by atoms with Gasteiger partial charge in [0.1, 0.15) is 12.1 Å². The SMILES string of the molecule is COC(=O)[C@@H]1CCCN1C(=O)NCCCc1ccc2c(c1)C(=O)N(C1CCC(=O)NC1=O)C2=O. The molecule has 1 aromatic carbocycles. The second-order valence-corrected chi connectivity index (χ2v) is 8.54. The monoisotopic (exact) mass is 470 g/mol. The number of imide groups is 2. The number of benzene rings is 1. The number of methoxy groups -OCH3 is 1. The van der Waals surface area contributed by atoms with Gasteiger partial charge in [-0.15, -0.1) is 0 Å². The summed E-state index contributed by atoms with van der Waals surface area (Å²) in [7, 11) is 1.30. The molecule has 0 spiro atoms. The van der Waals surface area contributed by atoms with Crippen molar-refractivity contribution in [3.05, 3.63) is 34.9 Å². The molecule has 2 atom stereocenters. The third kappa shape index (κ3) is 4.37. The quantitative estimate of drug-likeness (QED) is 0.347. The van der Waals surface area contributed by atoms with Gasteiger partial charge in [-0.1, -0.05) is 6.07 Å². The van der Waals surface area contributed by atoms with E-state index in [9.17, 15) is 28.8 Å². The molecule has 2 N–H and O–H groups in total. The number of rotatable bonds is 6. The van der Waals surface area contributed by atoms with Crippen LogP contribution in [-0.2, 0) is 25.5 Å². The molecule has 0 radical (unpaired) electrons. The van der Waals surface area contributed by atoms with E-state index in [0.29, 0.717) is 32.4 Å². The maximum atomic E-state index is 12.9. The largest absolute Gasteiger partial charge is 0.467 e. The van der Waals surface area contributed by atoms with Crippen molar-refractivity contribution in [1.82, 2.24) is 20.4 Å². The third-order valence-electron chi connectivity index (χ3n) is 6.41. The lowest BCUT2D eigenvalue weighted by atomic mass is 10.0. The van der Waals surface area contributed by atoms with Gasteiger partial charge in [0.2, 0.25) is 11.8 Å². The second kappa shape index (κ2) is 9.62. The van der Waals surface area contributed by atoms with Crippen molar-refractivity contribution in [2.24, 2.45) is 0 Å². The lowest BCUT2D eigenvalue weighted by molar-refractivity contribution is -0.145. The summed E-state index contributed by atoms with van der Waals surface area (Å²) in [6, 6.07) is 3.08. The number of amides is 6. The number of hydrogen-bond acceptors (Lipinski definition) is 7. The fraction of sp³-hybridized carbons (Fsp3) is 0.478. The first kappa shape index (κ1) is 23.4. The first-order chi connectivity index (χ1) is 16.3. The van der Waals surface area contributed by atoms with E-state index < -0.39 is 41.7 Å².